The Hall–Kier alpha value is -3.17. The molecule has 2 aromatic carbocycles. The summed E-state index contributed by atoms with van der Waals surface area (Å²) in [5.74, 6) is -1.15. The molecule has 1 saturated heterocycles. The summed E-state index contributed by atoms with van der Waals surface area (Å²) >= 11 is 0. The molecule has 2 aliphatic heterocycles. The average Bonchev–Trinajstić information content (AvgIpc) is 3.47. The van der Waals surface area contributed by atoms with E-state index < -0.39 is 27.2 Å². The average molecular weight is 510 g/mol. The molecule has 4 heterocycles. The number of halogens is 1. The summed E-state index contributed by atoms with van der Waals surface area (Å²) in [6.07, 6.45) is 2.78. The van der Waals surface area contributed by atoms with E-state index in [1.807, 2.05) is 7.05 Å². The van der Waals surface area contributed by atoms with Crippen LogP contribution in [0.25, 0.3) is 21.8 Å². The molecule has 7 nitrogen and oxygen atoms in total. The van der Waals surface area contributed by atoms with Crippen molar-refractivity contribution in [2.75, 3.05) is 0 Å². The Bertz CT molecular complexity index is 1680. The first-order valence-electron chi connectivity index (χ1n) is 12.1. The molecule has 1 fully saturated rings. The van der Waals surface area contributed by atoms with Crippen LogP contribution in [0.15, 0.2) is 46.3 Å². The van der Waals surface area contributed by atoms with Crippen molar-refractivity contribution >= 4 is 37.6 Å². The molecular formula is C27H28FN3O4S. The number of benzene rings is 2. The number of ether oxygens (including phenoxy) is 1. The number of esters is 1. The van der Waals surface area contributed by atoms with Crippen LogP contribution in [0.5, 0.6) is 0 Å². The van der Waals surface area contributed by atoms with E-state index in [1.165, 1.54) is 30.3 Å². The molecule has 4 aromatic rings. The molecule has 2 aromatic heterocycles. The van der Waals surface area contributed by atoms with Crippen LogP contribution in [-0.4, -0.2) is 35.6 Å². The molecular weight excluding hydrogens is 481 g/mol. The van der Waals surface area contributed by atoms with Crippen LogP contribution in [0.4, 0.5) is 4.39 Å². The predicted molar refractivity (Wildman–Crippen MR) is 134 cm³/mol. The summed E-state index contributed by atoms with van der Waals surface area (Å²) < 4.78 is 49.6. The molecule has 2 unspecified atom stereocenters. The molecule has 0 spiro atoms. The van der Waals surface area contributed by atoms with Crippen LogP contribution < -0.4 is 5.32 Å². The zero-order chi connectivity index (χ0) is 25.6. The first-order chi connectivity index (χ1) is 16.9. The van der Waals surface area contributed by atoms with Gasteiger partial charge >= 0.3 is 5.97 Å². The number of aromatic nitrogens is 2. The second kappa shape index (κ2) is 7.66. The van der Waals surface area contributed by atoms with Crippen LogP contribution in [0.1, 0.15) is 61.3 Å². The van der Waals surface area contributed by atoms with Crippen LogP contribution in [0, 0.1) is 5.82 Å². The monoisotopic (exact) mass is 509 g/mol. The van der Waals surface area contributed by atoms with Gasteiger partial charge in [-0.1, -0.05) is 0 Å². The summed E-state index contributed by atoms with van der Waals surface area (Å²) in [7, 11) is -2.21. The van der Waals surface area contributed by atoms with Crippen molar-refractivity contribution in [2.24, 2.45) is 7.05 Å². The lowest BCUT2D eigenvalue weighted by Crippen LogP contribution is -2.32. The quantitative estimate of drug-likeness (QED) is 0.382. The number of rotatable bonds is 3. The summed E-state index contributed by atoms with van der Waals surface area (Å²) in [5, 5.41) is 4.71. The Morgan fingerprint density at radius 2 is 1.92 bits per heavy atom. The van der Waals surface area contributed by atoms with Crippen molar-refractivity contribution in [3.05, 3.63) is 59.0 Å². The van der Waals surface area contributed by atoms with Gasteiger partial charge in [-0.25, -0.2) is 17.6 Å². The van der Waals surface area contributed by atoms with E-state index in [-0.39, 0.29) is 21.5 Å². The van der Waals surface area contributed by atoms with Crippen molar-refractivity contribution in [3.8, 4) is 0 Å². The molecule has 0 aliphatic carbocycles. The van der Waals surface area contributed by atoms with Crippen molar-refractivity contribution in [2.45, 2.75) is 67.6 Å². The van der Waals surface area contributed by atoms with Crippen molar-refractivity contribution in [3.63, 3.8) is 0 Å². The highest BCUT2D eigenvalue weighted by Crippen LogP contribution is 2.44. The first-order valence-corrected chi connectivity index (χ1v) is 13.6. The highest BCUT2D eigenvalue weighted by Gasteiger charge is 2.39. The summed E-state index contributed by atoms with van der Waals surface area (Å²) in [6, 6.07) is 9.21. The number of nitrogens with one attached hydrogen (secondary N) is 2. The zero-order valence-electron chi connectivity index (χ0n) is 20.6. The van der Waals surface area contributed by atoms with E-state index >= 15 is 0 Å². The standard InChI is InChI=1S/C27H28FN3O4S/c1-27(2,3)35-26(32)25-21(36(33,34)22-11-14-5-6-15(28)12-18(14)30-22)10-9-19-24(25)23-17-8-7-16(29-17)13-20(23)31(19)4/h5-6,9-12,16-17,29-30H,7-8,13H2,1-4H3. The van der Waals surface area contributed by atoms with Gasteiger partial charge in [0.25, 0.3) is 0 Å². The molecule has 2 atom stereocenters. The van der Waals surface area contributed by atoms with E-state index in [0.717, 1.165) is 36.0 Å². The predicted octanol–water partition coefficient (Wildman–Crippen LogP) is 4.94. The van der Waals surface area contributed by atoms with Gasteiger partial charge in [-0.15, -0.1) is 0 Å². The fourth-order valence-electron chi connectivity index (χ4n) is 5.75. The smallest absolute Gasteiger partial charge is 0.340 e. The molecule has 188 valence electrons. The minimum atomic E-state index is -4.18. The molecule has 36 heavy (non-hydrogen) atoms. The molecule has 0 radical (unpaired) electrons. The number of carbonyl (C=O) groups excluding carboxylic acids is 1. The number of carbonyl (C=O) groups is 1. The van der Waals surface area contributed by atoms with Gasteiger partial charge in [0.2, 0.25) is 9.84 Å². The Morgan fingerprint density at radius 3 is 2.67 bits per heavy atom. The maximum atomic E-state index is 14.0. The van der Waals surface area contributed by atoms with Gasteiger partial charge in [-0.2, -0.15) is 0 Å². The number of sulfone groups is 1. The number of aromatic amines is 1. The SMILES string of the molecule is Cn1c2c(c3c(C(=O)OC(C)(C)C)c(S(=O)(=O)c4cc5ccc(F)cc5[nH]4)ccc31)C1CCC(C2)N1. The Labute approximate surface area is 208 Å². The van der Waals surface area contributed by atoms with E-state index in [1.54, 1.807) is 26.8 Å². The van der Waals surface area contributed by atoms with Crippen LogP contribution in [-0.2, 0) is 28.0 Å². The molecule has 2 bridgehead atoms. The Kier molecular flexibility index (Phi) is 4.95. The minimum Gasteiger partial charge on any atom is -0.456 e. The van der Waals surface area contributed by atoms with Gasteiger partial charge in [0, 0.05) is 53.1 Å². The highest BCUT2D eigenvalue weighted by molar-refractivity contribution is 7.91. The summed E-state index contributed by atoms with van der Waals surface area (Å²) in [6.45, 7) is 5.28. The topological polar surface area (TPSA) is 93.2 Å². The van der Waals surface area contributed by atoms with Crippen LogP contribution in [0.3, 0.4) is 0 Å². The van der Waals surface area contributed by atoms with Crippen LogP contribution in [0.2, 0.25) is 0 Å². The van der Waals surface area contributed by atoms with Crippen molar-refractivity contribution < 1.29 is 22.3 Å². The third-order valence-electron chi connectivity index (χ3n) is 7.26. The minimum absolute atomic E-state index is 0.0521. The van der Waals surface area contributed by atoms with E-state index in [9.17, 15) is 17.6 Å². The number of nitrogens with zero attached hydrogens (tertiary/aromatic N) is 1. The lowest BCUT2D eigenvalue weighted by molar-refractivity contribution is 0.00675. The highest BCUT2D eigenvalue weighted by atomic mass is 32.2. The van der Waals surface area contributed by atoms with Gasteiger partial charge in [0.1, 0.15) is 16.4 Å². The fraction of sp³-hybridized carbons (Fsp3) is 0.370. The third kappa shape index (κ3) is 3.48. The first kappa shape index (κ1) is 23.2. The lowest BCUT2D eigenvalue weighted by atomic mass is 9.96. The number of aryl methyl sites for hydroxylation is 1. The van der Waals surface area contributed by atoms with E-state index in [0.29, 0.717) is 22.3 Å². The number of hydrogen-bond acceptors (Lipinski definition) is 5. The van der Waals surface area contributed by atoms with E-state index in [2.05, 4.69) is 14.9 Å². The zero-order valence-corrected chi connectivity index (χ0v) is 21.4. The van der Waals surface area contributed by atoms with Gasteiger partial charge in [0.15, 0.2) is 0 Å². The van der Waals surface area contributed by atoms with Crippen LogP contribution >= 0.6 is 0 Å². The maximum Gasteiger partial charge on any atom is 0.340 e. The normalized spacial score (nSPS) is 19.7. The molecule has 0 amide bonds. The lowest BCUT2D eigenvalue weighted by Gasteiger charge is -2.24. The molecule has 0 saturated carbocycles. The maximum absolute atomic E-state index is 14.0. The van der Waals surface area contributed by atoms with Gasteiger partial charge in [0.05, 0.1) is 10.5 Å². The van der Waals surface area contributed by atoms with Gasteiger partial charge < -0.3 is 19.6 Å². The van der Waals surface area contributed by atoms with Gasteiger partial charge in [-0.05, 0) is 75.6 Å². The fourth-order valence-corrected chi connectivity index (χ4v) is 7.21. The second-order valence-electron chi connectivity index (χ2n) is 10.8. The Balaban J connectivity index is 1.64. The third-order valence-corrected chi connectivity index (χ3v) is 8.98. The number of fused-ring (bicyclic) bond motifs is 7. The second-order valence-corrected chi connectivity index (χ2v) is 12.7. The van der Waals surface area contributed by atoms with Crippen molar-refractivity contribution in [1.82, 2.24) is 14.9 Å². The molecule has 2 aliphatic rings. The summed E-state index contributed by atoms with van der Waals surface area (Å²) in [5.41, 5.74) is 2.51. The van der Waals surface area contributed by atoms with Gasteiger partial charge in [-0.3, -0.25) is 0 Å². The molecule has 9 heteroatoms. The summed E-state index contributed by atoms with van der Waals surface area (Å²) in [4.78, 5) is 16.4. The van der Waals surface area contributed by atoms with E-state index in [4.69, 9.17) is 4.74 Å². The Morgan fingerprint density at radius 1 is 1.14 bits per heavy atom. The molecule has 2 N–H and O–H groups in total. The van der Waals surface area contributed by atoms with Crippen molar-refractivity contribution in [1.29, 1.82) is 0 Å². The number of hydrogen-bond donors (Lipinski definition) is 2. The molecule has 6 rings (SSSR count). The number of H-pyrrole nitrogens is 1. The largest absolute Gasteiger partial charge is 0.456 e.